The van der Waals surface area contributed by atoms with Crippen LogP contribution < -0.4 is 10.1 Å². The van der Waals surface area contributed by atoms with Crippen molar-refractivity contribution in [1.82, 2.24) is 15.2 Å². The summed E-state index contributed by atoms with van der Waals surface area (Å²) in [6.45, 7) is 0.302. The lowest BCUT2D eigenvalue weighted by Crippen LogP contribution is -2.03. The van der Waals surface area contributed by atoms with Crippen molar-refractivity contribution in [3.8, 4) is 17.1 Å². The van der Waals surface area contributed by atoms with Gasteiger partial charge >= 0.3 is 0 Å². The summed E-state index contributed by atoms with van der Waals surface area (Å²) in [6, 6.07) is 11.1. The van der Waals surface area contributed by atoms with Gasteiger partial charge in [-0.25, -0.2) is 0 Å². The molecule has 3 rings (SSSR count). The molecule has 0 saturated heterocycles. The second-order valence-electron chi connectivity index (χ2n) is 4.86. The summed E-state index contributed by atoms with van der Waals surface area (Å²) >= 11 is 0. The van der Waals surface area contributed by atoms with E-state index in [-0.39, 0.29) is 0 Å². The molecule has 0 atom stereocenters. The highest BCUT2D eigenvalue weighted by atomic mass is 16.5. The summed E-state index contributed by atoms with van der Waals surface area (Å²) in [5, 5.41) is 9.83. The highest BCUT2D eigenvalue weighted by Gasteiger charge is 2.11. The molecule has 2 N–H and O–H groups in total. The molecule has 0 aliphatic carbocycles. The average molecular weight is 308 g/mol. The fourth-order valence-corrected chi connectivity index (χ4v) is 2.35. The van der Waals surface area contributed by atoms with Crippen molar-refractivity contribution >= 4 is 12.0 Å². The smallest absolute Gasteiger partial charge is 0.155 e. The lowest BCUT2D eigenvalue weighted by Gasteiger charge is -2.13. The van der Waals surface area contributed by atoms with Crippen molar-refractivity contribution in [3.05, 3.63) is 59.9 Å². The summed E-state index contributed by atoms with van der Waals surface area (Å²) in [5.41, 5.74) is 3.74. The molecular formula is C17H16N4O2. The first-order chi connectivity index (χ1) is 11.3. The van der Waals surface area contributed by atoms with Crippen LogP contribution in [0.5, 0.6) is 5.75 Å². The first kappa shape index (κ1) is 14.8. The molecule has 116 valence electrons. The van der Waals surface area contributed by atoms with Gasteiger partial charge in [-0.1, -0.05) is 12.1 Å². The van der Waals surface area contributed by atoms with Crippen molar-refractivity contribution in [3.63, 3.8) is 0 Å². The Morgan fingerprint density at radius 1 is 1.22 bits per heavy atom. The van der Waals surface area contributed by atoms with Crippen molar-refractivity contribution in [2.24, 2.45) is 0 Å². The number of carbonyl (C=O) groups excluding carboxylic acids is 1. The molecule has 0 aliphatic rings. The number of benzene rings is 1. The van der Waals surface area contributed by atoms with Crippen molar-refractivity contribution in [1.29, 1.82) is 0 Å². The minimum absolute atomic E-state index is 0.302. The number of nitrogens with one attached hydrogen (secondary N) is 2. The number of rotatable bonds is 6. The van der Waals surface area contributed by atoms with E-state index < -0.39 is 0 Å². The molecule has 0 spiro atoms. The number of carbonyl (C=O) groups is 1. The van der Waals surface area contributed by atoms with Crippen LogP contribution in [-0.2, 0) is 6.61 Å². The van der Waals surface area contributed by atoms with E-state index in [1.807, 2.05) is 30.3 Å². The number of hydrogen-bond donors (Lipinski definition) is 2. The third-order valence-corrected chi connectivity index (χ3v) is 3.48. The molecule has 2 heterocycles. The first-order valence-electron chi connectivity index (χ1n) is 7.16. The van der Waals surface area contributed by atoms with Gasteiger partial charge < -0.3 is 10.1 Å². The summed E-state index contributed by atoms with van der Waals surface area (Å²) in [4.78, 5) is 15.7. The van der Waals surface area contributed by atoms with E-state index in [0.29, 0.717) is 17.9 Å². The van der Waals surface area contributed by atoms with E-state index >= 15 is 0 Å². The van der Waals surface area contributed by atoms with Gasteiger partial charge in [0.1, 0.15) is 12.4 Å². The predicted octanol–water partition coefficient (Wildman–Crippen LogP) is 2.90. The third-order valence-electron chi connectivity index (χ3n) is 3.48. The third kappa shape index (κ3) is 3.06. The molecule has 0 aliphatic heterocycles. The molecule has 0 unspecified atom stereocenters. The number of hydrogen-bond acceptors (Lipinski definition) is 5. The Hall–Kier alpha value is -3.15. The standard InChI is InChI=1S/C17H16N4O2/c1-18-14-5-2-6-16(13(14)10-22)23-11-12-4-3-8-19-17(12)15-7-9-20-21-15/h2-10,18H,11H2,1H3,(H,20,21). The van der Waals surface area contributed by atoms with Gasteiger partial charge in [0.15, 0.2) is 6.29 Å². The minimum atomic E-state index is 0.302. The Morgan fingerprint density at radius 2 is 2.13 bits per heavy atom. The molecule has 6 heteroatoms. The molecule has 0 radical (unpaired) electrons. The lowest BCUT2D eigenvalue weighted by molar-refractivity contribution is 0.112. The topological polar surface area (TPSA) is 79.9 Å². The average Bonchev–Trinajstić information content (AvgIpc) is 3.14. The fraction of sp³-hybridized carbons (Fsp3) is 0.118. The van der Waals surface area contributed by atoms with E-state index in [9.17, 15) is 4.79 Å². The van der Waals surface area contributed by atoms with Crippen LogP contribution in [0.2, 0.25) is 0 Å². The molecule has 2 aromatic heterocycles. The molecule has 0 amide bonds. The molecule has 0 fully saturated rings. The minimum Gasteiger partial charge on any atom is -0.488 e. The van der Waals surface area contributed by atoms with Crippen LogP contribution in [0.4, 0.5) is 5.69 Å². The van der Waals surface area contributed by atoms with E-state index in [1.54, 1.807) is 25.5 Å². The Balaban J connectivity index is 1.87. The van der Waals surface area contributed by atoms with Crippen molar-refractivity contribution < 1.29 is 9.53 Å². The highest BCUT2D eigenvalue weighted by molar-refractivity contribution is 5.88. The van der Waals surface area contributed by atoms with Crippen molar-refractivity contribution in [2.45, 2.75) is 6.61 Å². The van der Waals surface area contributed by atoms with Gasteiger partial charge in [-0.3, -0.25) is 14.9 Å². The lowest BCUT2D eigenvalue weighted by atomic mass is 10.1. The zero-order valence-corrected chi connectivity index (χ0v) is 12.6. The van der Waals surface area contributed by atoms with Crippen LogP contribution in [0.15, 0.2) is 48.8 Å². The van der Waals surface area contributed by atoms with Crippen LogP contribution >= 0.6 is 0 Å². The second-order valence-corrected chi connectivity index (χ2v) is 4.86. The molecule has 0 bridgehead atoms. The van der Waals surface area contributed by atoms with Crippen LogP contribution in [0, 0.1) is 0 Å². The zero-order chi connectivity index (χ0) is 16.1. The number of pyridine rings is 1. The normalized spacial score (nSPS) is 10.3. The first-order valence-corrected chi connectivity index (χ1v) is 7.16. The van der Waals surface area contributed by atoms with E-state index in [1.165, 1.54) is 0 Å². The number of nitrogens with zero attached hydrogens (tertiary/aromatic N) is 2. The maximum atomic E-state index is 11.3. The zero-order valence-electron chi connectivity index (χ0n) is 12.6. The predicted molar refractivity (Wildman–Crippen MR) is 87.5 cm³/mol. The Labute approximate surface area is 133 Å². The van der Waals surface area contributed by atoms with E-state index in [0.717, 1.165) is 28.9 Å². The fourth-order valence-electron chi connectivity index (χ4n) is 2.35. The van der Waals surface area contributed by atoms with Gasteiger partial charge in [-0.2, -0.15) is 5.10 Å². The molecule has 1 aromatic carbocycles. The second kappa shape index (κ2) is 6.74. The monoisotopic (exact) mass is 308 g/mol. The molecule has 3 aromatic rings. The molecule has 6 nitrogen and oxygen atoms in total. The SMILES string of the molecule is CNc1cccc(OCc2cccnc2-c2ccn[nH]2)c1C=O. The summed E-state index contributed by atoms with van der Waals surface area (Å²) in [6.07, 6.45) is 4.19. The van der Waals surface area contributed by atoms with Crippen molar-refractivity contribution in [2.75, 3.05) is 12.4 Å². The van der Waals surface area contributed by atoms with E-state index in [2.05, 4.69) is 20.5 Å². The summed E-state index contributed by atoms with van der Waals surface area (Å²) in [7, 11) is 1.77. The maximum Gasteiger partial charge on any atom is 0.155 e. The van der Waals surface area contributed by atoms with Crippen LogP contribution in [0.3, 0.4) is 0 Å². The van der Waals surface area contributed by atoms with Crippen LogP contribution in [0.1, 0.15) is 15.9 Å². The van der Waals surface area contributed by atoms with Crippen LogP contribution in [-0.4, -0.2) is 28.5 Å². The largest absolute Gasteiger partial charge is 0.488 e. The van der Waals surface area contributed by atoms with Gasteiger partial charge in [0.25, 0.3) is 0 Å². The van der Waals surface area contributed by atoms with E-state index in [4.69, 9.17) is 4.74 Å². The maximum absolute atomic E-state index is 11.3. The number of aromatic amines is 1. The Bertz CT molecular complexity index is 800. The number of anilines is 1. The van der Waals surface area contributed by atoms with Gasteiger partial charge in [0.2, 0.25) is 0 Å². The summed E-state index contributed by atoms with van der Waals surface area (Å²) in [5.74, 6) is 0.534. The highest BCUT2D eigenvalue weighted by Crippen LogP contribution is 2.26. The number of ether oxygens (including phenoxy) is 1. The Kier molecular flexibility index (Phi) is 4.33. The van der Waals surface area contributed by atoms with Gasteiger partial charge in [0, 0.05) is 30.7 Å². The van der Waals surface area contributed by atoms with Gasteiger partial charge in [-0.05, 0) is 24.3 Å². The quantitative estimate of drug-likeness (QED) is 0.684. The summed E-state index contributed by atoms with van der Waals surface area (Å²) < 4.78 is 5.85. The molecule has 23 heavy (non-hydrogen) atoms. The number of aldehydes is 1. The molecule has 0 saturated carbocycles. The molecular weight excluding hydrogens is 292 g/mol. The number of aromatic nitrogens is 3. The van der Waals surface area contributed by atoms with Gasteiger partial charge in [-0.15, -0.1) is 0 Å². The van der Waals surface area contributed by atoms with Crippen LogP contribution in [0.25, 0.3) is 11.4 Å². The number of H-pyrrole nitrogens is 1. The Morgan fingerprint density at radius 3 is 2.87 bits per heavy atom. The van der Waals surface area contributed by atoms with Gasteiger partial charge in [0.05, 0.1) is 17.0 Å².